The summed E-state index contributed by atoms with van der Waals surface area (Å²) >= 11 is 0. The molecule has 0 aromatic carbocycles. The van der Waals surface area contributed by atoms with E-state index in [4.69, 9.17) is 0 Å². The van der Waals surface area contributed by atoms with Gasteiger partial charge >= 0.3 is 0 Å². The molecule has 2 aliphatic rings. The molecule has 1 aliphatic heterocycles. The van der Waals surface area contributed by atoms with Gasteiger partial charge in [-0.1, -0.05) is 6.92 Å². The summed E-state index contributed by atoms with van der Waals surface area (Å²) in [6, 6.07) is 1.31. The standard InChI is InChI=1S/C12H24N2O2S.H2/c1-2-13-11-3-5-12(6-4-11)14-7-9-17(15,16)10-8-14;/h11-13H,2-10H2,1H3;1H. The first kappa shape index (κ1) is 13.3. The molecule has 1 heterocycles. The summed E-state index contributed by atoms with van der Waals surface area (Å²) < 4.78 is 22.8. The summed E-state index contributed by atoms with van der Waals surface area (Å²) in [5.74, 6) is 0.722. The van der Waals surface area contributed by atoms with E-state index in [1.54, 1.807) is 0 Å². The Hall–Kier alpha value is -0.130. The third-order valence-corrected chi connectivity index (χ3v) is 5.69. The molecular weight excluding hydrogens is 236 g/mol. The summed E-state index contributed by atoms with van der Waals surface area (Å²) in [5, 5.41) is 3.51. The van der Waals surface area contributed by atoms with Crippen molar-refractivity contribution >= 4 is 9.84 Å². The molecule has 17 heavy (non-hydrogen) atoms. The minimum atomic E-state index is -2.73. The molecule has 5 heteroatoms. The third-order valence-electron chi connectivity index (χ3n) is 4.08. The zero-order valence-electron chi connectivity index (χ0n) is 10.7. The Bertz CT molecular complexity index is 326. The van der Waals surface area contributed by atoms with E-state index < -0.39 is 9.84 Å². The van der Waals surface area contributed by atoms with Crippen LogP contribution in [0, 0.1) is 0 Å². The zero-order chi connectivity index (χ0) is 12.3. The molecule has 0 aromatic rings. The summed E-state index contributed by atoms with van der Waals surface area (Å²) in [5.41, 5.74) is 0. The third kappa shape index (κ3) is 3.66. The van der Waals surface area contributed by atoms with Crippen LogP contribution in [0.25, 0.3) is 0 Å². The van der Waals surface area contributed by atoms with Gasteiger partial charge in [-0.05, 0) is 32.2 Å². The van der Waals surface area contributed by atoms with Crippen LogP contribution in [-0.2, 0) is 9.84 Å². The van der Waals surface area contributed by atoms with Crippen LogP contribution in [-0.4, -0.2) is 56.5 Å². The molecule has 102 valence electrons. The van der Waals surface area contributed by atoms with Gasteiger partial charge in [0.25, 0.3) is 0 Å². The van der Waals surface area contributed by atoms with Crippen molar-refractivity contribution in [2.24, 2.45) is 0 Å². The molecule has 1 aliphatic carbocycles. The van der Waals surface area contributed by atoms with Gasteiger partial charge in [0.2, 0.25) is 0 Å². The van der Waals surface area contributed by atoms with Crippen molar-refractivity contribution in [3.63, 3.8) is 0 Å². The van der Waals surface area contributed by atoms with E-state index in [9.17, 15) is 8.42 Å². The van der Waals surface area contributed by atoms with E-state index in [2.05, 4.69) is 17.1 Å². The first-order valence-corrected chi connectivity index (χ1v) is 8.61. The van der Waals surface area contributed by atoms with Gasteiger partial charge in [-0.3, -0.25) is 4.90 Å². The van der Waals surface area contributed by atoms with Crippen LogP contribution in [0.2, 0.25) is 0 Å². The molecule has 4 nitrogen and oxygen atoms in total. The Kier molecular flexibility index (Phi) is 4.44. The van der Waals surface area contributed by atoms with Crippen molar-refractivity contribution in [1.29, 1.82) is 0 Å². The molecule has 1 saturated heterocycles. The molecule has 0 atom stereocenters. The second-order valence-electron chi connectivity index (χ2n) is 5.25. The predicted octanol–water partition coefficient (Wildman–Crippen LogP) is 0.884. The quantitative estimate of drug-likeness (QED) is 0.820. The lowest BCUT2D eigenvalue weighted by Crippen LogP contribution is -2.48. The minimum absolute atomic E-state index is 0. The van der Waals surface area contributed by atoms with E-state index in [1.807, 2.05) is 0 Å². The van der Waals surface area contributed by atoms with Crippen LogP contribution in [0.4, 0.5) is 0 Å². The maximum absolute atomic E-state index is 11.4. The van der Waals surface area contributed by atoms with Gasteiger partial charge < -0.3 is 5.32 Å². The molecule has 0 unspecified atom stereocenters. The number of hydrogen-bond donors (Lipinski definition) is 1. The molecule has 0 radical (unpaired) electrons. The zero-order valence-corrected chi connectivity index (χ0v) is 11.5. The first-order valence-electron chi connectivity index (χ1n) is 6.78. The average molecular weight is 262 g/mol. The molecule has 0 spiro atoms. The van der Waals surface area contributed by atoms with Crippen molar-refractivity contribution in [2.45, 2.75) is 44.7 Å². The second-order valence-corrected chi connectivity index (χ2v) is 7.55. The molecule has 0 amide bonds. The van der Waals surface area contributed by atoms with Crippen molar-refractivity contribution in [1.82, 2.24) is 10.2 Å². The van der Waals surface area contributed by atoms with E-state index in [-0.39, 0.29) is 1.43 Å². The summed E-state index contributed by atoms with van der Waals surface area (Å²) in [4.78, 5) is 2.39. The fourth-order valence-corrected chi connectivity index (χ4v) is 4.25. The van der Waals surface area contributed by atoms with E-state index in [0.29, 0.717) is 23.6 Å². The van der Waals surface area contributed by atoms with Gasteiger partial charge in [-0.2, -0.15) is 0 Å². The first-order chi connectivity index (χ1) is 8.11. The molecule has 2 rings (SSSR count). The van der Waals surface area contributed by atoms with Gasteiger partial charge in [0, 0.05) is 26.6 Å². The van der Waals surface area contributed by atoms with Gasteiger partial charge in [-0.25, -0.2) is 8.42 Å². The largest absolute Gasteiger partial charge is 0.314 e. The molecule has 0 bridgehead atoms. The fourth-order valence-electron chi connectivity index (χ4n) is 3.03. The second kappa shape index (κ2) is 5.67. The highest BCUT2D eigenvalue weighted by Gasteiger charge is 2.29. The van der Waals surface area contributed by atoms with Gasteiger partial charge in [0.15, 0.2) is 9.84 Å². The number of sulfone groups is 1. The number of hydrogen-bond acceptors (Lipinski definition) is 4. The summed E-state index contributed by atoms with van der Waals surface area (Å²) in [6.45, 7) is 4.70. The number of rotatable bonds is 3. The van der Waals surface area contributed by atoms with Crippen LogP contribution in [0.1, 0.15) is 34.0 Å². The van der Waals surface area contributed by atoms with Gasteiger partial charge in [-0.15, -0.1) is 0 Å². The summed E-state index contributed by atoms with van der Waals surface area (Å²) in [6.07, 6.45) is 4.92. The summed E-state index contributed by atoms with van der Waals surface area (Å²) in [7, 11) is -2.73. The number of nitrogens with one attached hydrogen (secondary N) is 1. The van der Waals surface area contributed by atoms with Crippen molar-refractivity contribution in [3.8, 4) is 0 Å². The molecule has 1 N–H and O–H groups in total. The lowest BCUT2D eigenvalue weighted by Gasteiger charge is -2.38. The number of nitrogens with zero attached hydrogens (tertiary/aromatic N) is 1. The van der Waals surface area contributed by atoms with E-state index in [1.165, 1.54) is 25.7 Å². The van der Waals surface area contributed by atoms with Crippen LogP contribution in [0.15, 0.2) is 0 Å². The topological polar surface area (TPSA) is 49.4 Å². The van der Waals surface area contributed by atoms with Crippen molar-refractivity contribution < 1.29 is 9.84 Å². The van der Waals surface area contributed by atoms with E-state index in [0.717, 1.165) is 19.6 Å². The maximum atomic E-state index is 11.4. The molecule has 0 aromatic heterocycles. The van der Waals surface area contributed by atoms with Crippen LogP contribution in [0.5, 0.6) is 0 Å². The van der Waals surface area contributed by atoms with Crippen LogP contribution in [0.3, 0.4) is 0 Å². The molecular formula is C12H26N2O2S. The van der Waals surface area contributed by atoms with Crippen molar-refractivity contribution in [2.75, 3.05) is 31.1 Å². The minimum Gasteiger partial charge on any atom is -0.314 e. The Morgan fingerprint density at radius 2 is 1.76 bits per heavy atom. The highest BCUT2D eigenvalue weighted by Crippen LogP contribution is 2.24. The van der Waals surface area contributed by atoms with Crippen LogP contribution >= 0.6 is 0 Å². The average Bonchev–Trinajstić information content (AvgIpc) is 2.31. The lowest BCUT2D eigenvalue weighted by atomic mass is 9.90. The smallest absolute Gasteiger partial charge is 0.152 e. The highest BCUT2D eigenvalue weighted by atomic mass is 32.2. The van der Waals surface area contributed by atoms with Crippen molar-refractivity contribution in [3.05, 3.63) is 0 Å². The lowest BCUT2D eigenvalue weighted by molar-refractivity contribution is 0.154. The van der Waals surface area contributed by atoms with Crippen LogP contribution < -0.4 is 5.32 Å². The maximum Gasteiger partial charge on any atom is 0.152 e. The van der Waals surface area contributed by atoms with Gasteiger partial charge in [0.05, 0.1) is 11.5 Å². The normalized spacial score (nSPS) is 34.6. The molecule has 2 fully saturated rings. The Balaban J connectivity index is 0.00000162. The predicted molar refractivity (Wildman–Crippen MR) is 72.1 cm³/mol. The monoisotopic (exact) mass is 262 g/mol. The Labute approximate surface area is 106 Å². The molecule has 1 saturated carbocycles. The van der Waals surface area contributed by atoms with E-state index >= 15 is 0 Å². The Morgan fingerprint density at radius 1 is 1.18 bits per heavy atom. The fraction of sp³-hybridized carbons (Fsp3) is 1.00. The Morgan fingerprint density at radius 3 is 2.29 bits per heavy atom. The highest BCUT2D eigenvalue weighted by molar-refractivity contribution is 7.91. The SMILES string of the molecule is CCNC1CCC(N2CCS(=O)(=O)CC2)CC1.[HH]. The van der Waals surface area contributed by atoms with Gasteiger partial charge in [0.1, 0.15) is 0 Å².